The van der Waals surface area contributed by atoms with Crippen LogP contribution in [0.25, 0.3) is 11.3 Å². The molecular weight excluding hydrogens is 275 g/mol. The van der Waals surface area contributed by atoms with Gasteiger partial charge in [-0.1, -0.05) is 5.16 Å². The van der Waals surface area contributed by atoms with Crippen LogP contribution in [0, 0.1) is 5.82 Å². The molecule has 1 saturated heterocycles. The molecule has 0 aliphatic carbocycles. The van der Waals surface area contributed by atoms with Crippen LogP contribution in [-0.2, 0) is 11.3 Å². The zero-order valence-electron chi connectivity index (χ0n) is 11.3. The molecule has 1 aromatic heterocycles. The molecule has 0 spiro atoms. The van der Waals surface area contributed by atoms with Crippen molar-refractivity contribution in [1.29, 1.82) is 0 Å². The van der Waals surface area contributed by atoms with E-state index in [1.807, 2.05) is 4.90 Å². The van der Waals surface area contributed by atoms with Gasteiger partial charge in [0.05, 0.1) is 6.54 Å². The van der Waals surface area contributed by atoms with Crippen LogP contribution in [0.3, 0.4) is 0 Å². The first-order valence-electron chi connectivity index (χ1n) is 6.82. The molecule has 2 heterocycles. The quantitative estimate of drug-likeness (QED) is 0.937. The van der Waals surface area contributed by atoms with Crippen molar-refractivity contribution in [2.75, 3.05) is 6.54 Å². The van der Waals surface area contributed by atoms with Crippen LogP contribution in [0.5, 0.6) is 0 Å². The SMILES string of the molecule is O=C(O)C1CCCN1Cc1cc(-c2ccc(F)cc2)no1. The number of halogens is 1. The fraction of sp³-hybridized carbons (Fsp3) is 0.333. The second-order valence-corrected chi connectivity index (χ2v) is 5.15. The second kappa shape index (κ2) is 5.65. The summed E-state index contributed by atoms with van der Waals surface area (Å²) in [5.41, 5.74) is 1.39. The van der Waals surface area contributed by atoms with Crippen LogP contribution < -0.4 is 0 Å². The Morgan fingerprint density at radius 1 is 1.43 bits per heavy atom. The Kier molecular flexibility index (Phi) is 3.70. The number of benzene rings is 1. The minimum atomic E-state index is -0.800. The van der Waals surface area contributed by atoms with Crippen molar-refractivity contribution in [2.24, 2.45) is 0 Å². The highest BCUT2D eigenvalue weighted by molar-refractivity contribution is 5.73. The van der Waals surface area contributed by atoms with E-state index in [0.29, 0.717) is 24.4 Å². The maximum absolute atomic E-state index is 12.9. The van der Waals surface area contributed by atoms with Gasteiger partial charge in [0.1, 0.15) is 17.6 Å². The van der Waals surface area contributed by atoms with Crippen LogP contribution in [0.2, 0.25) is 0 Å². The van der Waals surface area contributed by atoms with Crippen LogP contribution in [0.15, 0.2) is 34.9 Å². The van der Waals surface area contributed by atoms with Gasteiger partial charge in [0.25, 0.3) is 0 Å². The summed E-state index contributed by atoms with van der Waals surface area (Å²) in [5.74, 6) is -0.489. The monoisotopic (exact) mass is 290 g/mol. The fourth-order valence-corrected chi connectivity index (χ4v) is 2.64. The Labute approximate surface area is 121 Å². The van der Waals surface area contributed by atoms with Gasteiger partial charge in [-0.15, -0.1) is 0 Å². The van der Waals surface area contributed by atoms with Crippen molar-refractivity contribution in [2.45, 2.75) is 25.4 Å². The topological polar surface area (TPSA) is 66.6 Å². The number of likely N-dealkylation sites (tertiary alicyclic amines) is 1. The lowest BCUT2D eigenvalue weighted by atomic mass is 10.1. The number of nitrogens with zero attached hydrogens (tertiary/aromatic N) is 2. The zero-order chi connectivity index (χ0) is 14.8. The van der Waals surface area contributed by atoms with Crippen LogP contribution in [0.1, 0.15) is 18.6 Å². The van der Waals surface area contributed by atoms with Crippen molar-refractivity contribution < 1.29 is 18.8 Å². The summed E-state index contributed by atoms with van der Waals surface area (Å²) in [7, 11) is 0. The summed E-state index contributed by atoms with van der Waals surface area (Å²) < 4.78 is 18.2. The maximum Gasteiger partial charge on any atom is 0.320 e. The van der Waals surface area contributed by atoms with Crippen LogP contribution >= 0.6 is 0 Å². The first-order valence-corrected chi connectivity index (χ1v) is 6.82. The molecule has 1 N–H and O–H groups in total. The summed E-state index contributed by atoms with van der Waals surface area (Å²) in [5, 5.41) is 13.1. The van der Waals surface area contributed by atoms with Crippen LogP contribution in [0.4, 0.5) is 4.39 Å². The van der Waals surface area contributed by atoms with Gasteiger partial charge in [0.2, 0.25) is 0 Å². The number of aromatic nitrogens is 1. The number of carbonyl (C=O) groups is 1. The number of aliphatic carboxylic acids is 1. The molecule has 1 unspecified atom stereocenters. The minimum Gasteiger partial charge on any atom is -0.480 e. The molecule has 0 radical (unpaired) electrons. The highest BCUT2D eigenvalue weighted by Crippen LogP contribution is 2.23. The van der Waals surface area contributed by atoms with E-state index >= 15 is 0 Å². The van der Waals surface area contributed by atoms with Crippen molar-refractivity contribution >= 4 is 5.97 Å². The van der Waals surface area contributed by atoms with E-state index in [9.17, 15) is 9.18 Å². The molecule has 2 aromatic rings. The standard InChI is InChI=1S/C15H15FN2O3/c16-11-5-3-10(4-6-11)13-8-12(21-17-13)9-18-7-1-2-14(18)15(19)20/h3-6,8,14H,1-2,7,9H2,(H,19,20). The van der Waals surface area contributed by atoms with Gasteiger partial charge in [-0.3, -0.25) is 9.69 Å². The second-order valence-electron chi connectivity index (χ2n) is 5.15. The van der Waals surface area contributed by atoms with Gasteiger partial charge >= 0.3 is 5.97 Å². The average molecular weight is 290 g/mol. The minimum absolute atomic E-state index is 0.302. The van der Waals surface area contributed by atoms with Gasteiger partial charge in [-0.25, -0.2) is 4.39 Å². The van der Waals surface area contributed by atoms with Crippen LogP contribution in [-0.4, -0.2) is 33.7 Å². The molecule has 110 valence electrons. The normalized spacial score (nSPS) is 19.0. The lowest BCUT2D eigenvalue weighted by molar-refractivity contribution is -0.142. The number of rotatable bonds is 4. The van der Waals surface area contributed by atoms with Crippen molar-refractivity contribution in [3.63, 3.8) is 0 Å². The van der Waals surface area contributed by atoms with Crippen molar-refractivity contribution in [3.8, 4) is 11.3 Å². The fourth-order valence-electron chi connectivity index (χ4n) is 2.64. The van der Waals surface area contributed by atoms with E-state index in [1.165, 1.54) is 12.1 Å². The van der Waals surface area contributed by atoms with E-state index in [-0.39, 0.29) is 5.82 Å². The number of hydrogen-bond acceptors (Lipinski definition) is 4. The molecule has 1 aliphatic rings. The predicted molar refractivity (Wildman–Crippen MR) is 73.0 cm³/mol. The molecule has 0 bridgehead atoms. The van der Waals surface area contributed by atoms with Gasteiger partial charge in [-0.2, -0.15) is 0 Å². The predicted octanol–water partition coefficient (Wildman–Crippen LogP) is 2.53. The zero-order valence-corrected chi connectivity index (χ0v) is 11.3. The third kappa shape index (κ3) is 2.95. The molecule has 0 amide bonds. The third-order valence-electron chi connectivity index (χ3n) is 3.71. The van der Waals surface area contributed by atoms with Gasteiger partial charge < -0.3 is 9.63 Å². The van der Waals surface area contributed by atoms with E-state index in [0.717, 1.165) is 18.5 Å². The molecule has 6 heteroatoms. The summed E-state index contributed by atoms with van der Waals surface area (Å²) in [6.45, 7) is 1.16. The first-order chi connectivity index (χ1) is 10.1. The first kappa shape index (κ1) is 13.8. The Hall–Kier alpha value is -2.21. The lowest BCUT2D eigenvalue weighted by Crippen LogP contribution is -2.35. The summed E-state index contributed by atoms with van der Waals surface area (Å²) in [6.07, 6.45) is 1.53. The van der Waals surface area contributed by atoms with E-state index < -0.39 is 12.0 Å². The Morgan fingerprint density at radius 3 is 2.90 bits per heavy atom. The van der Waals surface area contributed by atoms with E-state index in [4.69, 9.17) is 9.63 Å². The molecule has 1 atom stereocenters. The molecule has 5 nitrogen and oxygen atoms in total. The van der Waals surface area contributed by atoms with Gasteiger partial charge in [0, 0.05) is 11.6 Å². The Bertz CT molecular complexity index is 639. The maximum atomic E-state index is 12.9. The third-order valence-corrected chi connectivity index (χ3v) is 3.71. The van der Waals surface area contributed by atoms with E-state index in [1.54, 1.807) is 18.2 Å². The molecule has 21 heavy (non-hydrogen) atoms. The summed E-state index contributed by atoms with van der Waals surface area (Å²) in [4.78, 5) is 13.0. The highest BCUT2D eigenvalue weighted by Gasteiger charge is 2.31. The Balaban J connectivity index is 1.73. The number of hydrogen-bond donors (Lipinski definition) is 1. The molecule has 1 fully saturated rings. The Morgan fingerprint density at radius 2 is 2.19 bits per heavy atom. The van der Waals surface area contributed by atoms with Gasteiger partial charge in [-0.05, 0) is 43.7 Å². The molecule has 0 saturated carbocycles. The summed E-state index contributed by atoms with van der Waals surface area (Å²) in [6, 6.07) is 7.31. The molecule has 3 rings (SSSR count). The highest BCUT2D eigenvalue weighted by atomic mass is 19.1. The van der Waals surface area contributed by atoms with Crippen molar-refractivity contribution in [1.82, 2.24) is 10.1 Å². The van der Waals surface area contributed by atoms with Crippen molar-refractivity contribution in [3.05, 3.63) is 41.9 Å². The largest absolute Gasteiger partial charge is 0.480 e. The molecule has 1 aliphatic heterocycles. The van der Waals surface area contributed by atoms with E-state index in [2.05, 4.69) is 5.16 Å². The average Bonchev–Trinajstić information content (AvgIpc) is 3.09. The lowest BCUT2D eigenvalue weighted by Gasteiger charge is -2.18. The smallest absolute Gasteiger partial charge is 0.320 e. The number of carboxylic acids is 1. The number of carboxylic acid groups (broad SMARTS) is 1. The molecular formula is C15H15FN2O3. The van der Waals surface area contributed by atoms with Gasteiger partial charge in [0.15, 0.2) is 5.76 Å². The molecule has 1 aromatic carbocycles. The summed E-state index contributed by atoms with van der Waals surface area (Å²) >= 11 is 0.